The number of carbonyl (C=O) groups excluding carboxylic acids is 2. The molecule has 0 spiro atoms. The van der Waals surface area contributed by atoms with Gasteiger partial charge in [-0.05, 0) is 62.3 Å². The van der Waals surface area contributed by atoms with E-state index < -0.39 is 17.7 Å². The van der Waals surface area contributed by atoms with Crippen molar-refractivity contribution in [3.8, 4) is 5.75 Å². The molecule has 1 amide bonds. The predicted octanol–water partition coefficient (Wildman–Crippen LogP) is 3.56. The fourth-order valence-corrected chi connectivity index (χ4v) is 4.43. The summed E-state index contributed by atoms with van der Waals surface area (Å²) in [6.45, 7) is 5.08. The highest BCUT2D eigenvalue weighted by Gasteiger charge is 2.46. The molecule has 0 bridgehead atoms. The first-order chi connectivity index (χ1) is 15.3. The lowest BCUT2D eigenvalue weighted by atomic mass is 9.93. The van der Waals surface area contributed by atoms with Crippen LogP contribution in [0.2, 0.25) is 0 Å². The van der Waals surface area contributed by atoms with Gasteiger partial charge < -0.3 is 19.6 Å². The van der Waals surface area contributed by atoms with Crippen molar-refractivity contribution in [2.24, 2.45) is 0 Å². The average molecular weight is 435 g/mol. The fraction of sp³-hybridized carbons (Fsp3) is 0.385. The quantitative estimate of drug-likeness (QED) is 0.428. The van der Waals surface area contributed by atoms with E-state index >= 15 is 0 Å². The molecule has 1 N–H and O–H groups in total. The molecule has 0 aliphatic carbocycles. The van der Waals surface area contributed by atoms with E-state index in [1.54, 1.807) is 11.0 Å². The number of fused-ring (bicyclic) bond motifs is 1. The maximum atomic E-state index is 13.1. The van der Waals surface area contributed by atoms with E-state index in [0.29, 0.717) is 18.7 Å². The second-order valence-electron chi connectivity index (χ2n) is 8.85. The minimum absolute atomic E-state index is 0.0797. The molecule has 1 fully saturated rings. The summed E-state index contributed by atoms with van der Waals surface area (Å²) >= 11 is 0. The van der Waals surface area contributed by atoms with Crippen LogP contribution >= 0.6 is 0 Å². The third-order valence-corrected chi connectivity index (χ3v) is 6.20. The van der Waals surface area contributed by atoms with Crippen molar-refractivity contribution in [2.75, 3.05) is 27.2 Å². The fourth-order valence-electron chi connectivity index (χ4n) is 4.43. The first-order valence-electron chi connectivity index (χ1n) is 11.1. The zero-order chi connectivity index (χ0) is 23.0. The Labute approximate surface area is 189 Å². The van der Waals surface area contributed by atoms with E-state index in [2.05, 4.69) is 6.92 Å². The number of Topliss-reactive ketones (excluding diaryl/α,β-unsaturated/α-hetero) is 1. The van der Waals surface area contributed by atoms with Gasteiger partial charge in [-0.2, -0.15) is 0 Å². The van der Waals surface area contributed by atoms with E-state index in [1.807, 2.05) is 62.3 Å². The molecule has 2 unspecified atom stereocenters. The van der Waals surface area contributed by atoms with Crippen LogP contribution in [0, 0.1) is 0 Å². The van der Waals surface area contributed by atoms with E-state index in [9.17, 15) is 14.7 Å². The van der Waals surface area contributed by atoms with Gasteiger partial charge >= 0.3 is 0 Å². The molecular formula is C26H30N2O4. The summed E-state index contributed by atoms with van der Waals surface area (Å²) < 4.78 is 5.76. The van der Waals surface area contributed by atoms with Crippen molar-refractivity contribution in [1.82, 2.24) is 9.80 Å². The molecule has 2 heterocycles. The van der Waals surface area contributed by atoms with Crippen molar-refractivity contribution in [3.05, 3.63) is 70.3 Å². The van der Waals surface area contributed by atoms with Crippen molar-refractivity contribution < 1.29 is 19.4 Å². The second kappa shape index (κ2) is 8.79. The number of ether oxygens (including phenoxy) is 1. The van der Waals surface area contributed by atoms with Crippen molar-refractivity contribution in [1.29, 1.82) is 0 Å². The van der Waals surface area contributed by atoms with Gasteiger partial charge in [-0.15, -0.1) is 0 Å². The molecule has 0 aromatic heterocycles. The summed E-state index contributed by atoms with van der Waals surface area (Å²) in [5.41, 5.74) is 3.66. The van der Waals surface area contributed by atoms with Gasteiger partial charge in [-0.3, -0.25) is 9.59 Å². The van der Waals surface area contributed by atoms with Gasteiger partial charge in [-0.25, -0.2) is 0 Å². The highest BCUT2D eigenvalue weighted by molar-refractivity contribution is 6.46. The molecule has 1 saturated heterocycles. The van der Waals surface area contributed by atoms with Gasteiger partial charge in [-0.1, -0.05) is 31.2 Å². The summed E-state index contributed by atoms with van der Waals surface area (Å²) in [6, 6.07) is 12.7. The minimum Gasteiger partial charge on any atom is -0.507 e. The lowest BCUT2D eigenvalue weighted by molar-refractivity contribution is -0.140. The molecule has 2 aromatic rings. The summed E-state index contributed by atoms with van der Waals surface area (Å²) in [4.78, 5) is 29.7. The van der Waals surface area contributed by atoms with E-state index in [1.165, 1.54) is 5.56 Å². The Bertz CT molecular complexity index is 1070. The third kappa shape index (κ3) is 4.02. The topological polar surface area (TPSA) is 70.1 Å². The number of hydrogen-bond donors (Lipinski definition) is 1. The normalized spacial score (nSPS) is 21.8. The lowest BCUT2D eigenvalue weighted by Gasteiger charge is -2.26. The standard InChI is InChI=1S/C26H30N2O4/c1-5-17-6-8-18(9-7-17)23-22(25(30)26(31)28(23)13-12-27(3)4)24(29)19-10-11-21-20(15-19)14-16(2)32-21/h6-11,15-16,23,29H,5,12-14H2,1-4H3/b24-22-. The van der Waals surface area contributed by atoms with Gasteiger partial charge in [0.05, 0.1) is 11.6 Å². The SMILES string of the molecule is CCc1ccc(C2/C(=C(/O)c3ccc4c(c3)CC(C)O4)C(=O)C(=O)N2CCN(C)C)cc1. The van der Waals surface area contributed by atoms with Crippen LogP contribution in [0.15, 0.2) is 48.0 Å². The third-order valence-electron chi connectivity index (χ3n) is 6.20. The Morgan fingerprint density at radius 1 is 1.16 bits per heavy atom. The first-order valence-corrected chi connectivity index (χ1v) is 11.1. The largest absolute Gasteiger partial charge is 0.507 e. The van der Waals surface area contributed by atoms with Crippen LogP contribution in [-0.2, 0) is 22.4 Å². The lowest BCUT2D eigenvalue weighted by Crippen LogP contribution is -2.35. The molecule has 2 aliphatic rings. The number of aryl methyl sites for hydroxylation is 1. The van der Waals surface area contributed by atoms with Crippen molar-refractivity contribution in [3.63, 3.8) is 0 Å². The van der Waals surface area contributed by atoms with Gasteiger partial charge in [0.1, 0.15) is 17.6 Å². The Balaban J connectivity index is 1.80. The molecule has 2 aromatic carbocycles. The number of amides is 1. The molecule has 6 nitrogen and oxygen atoms in total. The number of hydrogen-bond acceptors (Lipinski definition) is 5. The number of carbonyl (C=O) groups is 2. The van der Waals surface area contributed by atoms with Gasteiger partial charge in [0.15, 0.2) is 0 Å². The molecule has 6 heteroatoms. The van der Waals surface area contributed by atoms with Crippen LogP contribution in [0.1, 0.15) is 42.1 Å². The first kappa shape index (κ1) is 22.1. The Morgan fingerprint density at radius 2 is 1.88 bits per heavy atom. The number of benzene rings is 2. The van der Waals surface area contributed by atoms with Crippen LogP contribution in [0.4, 0.5) is 0 Å². The second-order valence-corrected chi connectivity index (χ2v) is 8.85. The Hall–Kier alpha value is -3.12. The van der Waals surface area contributed by atoms with Crippen LogP contribution in [0.25, 0.3) is 5.76 Å². The zero-order valence-electron chi connectivity index (χ0n) is 19.1. The molecule has 32 heavy (non-hydrogen) atoms. The maximum absolute atomic E-state index is 13.1. The molecule has 0 saturated carbocycles. The maximum Gasteiger partial charge on any atom is 0.295 e. The molecule has 2 atom stereocenters. The Morgan fingerprint density at radius 3 is 2.53 bits per heavy atom. The number of likely N-dealkylation sites (tertiary alicyclic amines) is 1. The van der Waals surface area contributed by atoms with Crippen molar-refractivity contribution >= 4 is 17.4 Å². The summed E-state index contributed by atoms with van der Waals surface area (Å²) in [6.07, 6.45) is 1.72. The van der Waals surface area contributed by atoms with Crippen LogP contribution < -0.4 is 4.74 Å². The zero-order valence-corrected chi connectivity index (χ0v) is 19.1. The number of likely N-dealkylation sites (N-methyl/N-ethyl adjacent to an activating group) is 1. The van der Waals surface area contributed by atoms with Crippen LogP contribution in [0.3, 0.4) is 0 Å². The number of aliphatic hydroxyl groups excluding tert-OH is 1. The van der Waals surface area contributed by atoms with Crippen LogP contribution in [-0.4, -0.2) is 59.9 Å². The highest BCUT2D eigenvalue weighted by atomic mass is 16.5. The summed E-state index contributed by atoms with van der Waals surface area (Å²) in [5, 5.41) is 11.3. The van der Waals surface area contributed by atoms with Gasteiger partial charge in [0, 0.05) is 25.1 Å². The number of ketones is 1. The summed E-state index contributed by atoms with van der Waals surface area (Å²) in [5.74, 6) is -0.554. The number of nitrogens with zero attached hydrogens (tertiary/aromatic N) is 2. The van der Waals surface area contributed by atoms with E-state index in [-0.39, 0.29) is 17.4 Å². The van der Waals surface area contributed by atoms with Gasteiger partial charge in [0.25, 0.3) is 11.7 Å². The molecule has 168 valence electrons. The van der Waals surface area contributed by atoms with E-state index in [4.69, 9.17) is 4.74 Å². The Kier molecular flexibility index (Phi) is 6.07. The molecular weight excluding hydrogens is 404 g/mol. The molecule has 2 aliphatic heterocycles. The predicted molar refractivity (Wildman–Crippen MR) is 124 cm³/mol. The smallest absolute Gasteiger partial charge is 0.295 e. The molecule has 4 rings (SSSR count). The number of aliphatic hydroxyl groups is 1. The molecule has 0 radical (unpaired) electrons. The average Bonchev–Trinajstić information content (AvgIpc) is 3.27. The minimum atomic E-state index is -0.643. The van der Waals surface area contributed by atoms with Crippen molar-refractivity contribution in [2.45, 2.75) is 38.8 Å². The van der Waals surface area contributed by atoms with Crippen LogP contribution in [0.5, 0.6) is 5.75 Å². The highest BCUT2D eigenvalue weighted by Crippen LogP contribution is 2.40. The monoisotopic (exact) mass is 434 g/mol. The number of rotatable bonds is 6. The van der Waals surface area contributed by atoms with E-state index in [0.717, 1.165) is 29.7 Å². The summed E-state index contributed by atoms with van der Waals surface area (Å²) in [7, 11) is 3.85. The van der Waals surface area contributed by atoms with Gasteiger partial charge in [0.2, 0.25) is 0 Å².